The fraction of sp³-hybridized carbons (Fsp3) is 0.353. The highest BCUT2D eigenvalue weighted by molar-refractivity contribution is 7.80. The van der Waals surface area contributed by atoms with E-state index in [0.717, 1.165) is 53.2 Å². The van der Waals surface area contributed by atoms with Crippen LogP contribution in [0.5, 0.6) is 0 Å². The number of pyridine rings is 1. The summed E-state index contributed by atoms with van der Waals surface area (Å²) in [6.45, 7) is 10.3. The van der Waals surface area contributed by atoms with E-state index in [1.165, 1.54) is 18.6 Å². The van der Waals surface area contributed by atoms with Crippen LogP contribution in [0.4, 0.5) is 24.5 Å². The molecule has 2 aliphatic rings. The first-order valence-electron chi connectivity index (χ1n) is 14.8. The molecular formula is C34H35ClF3N5S. The second-order valence-electron chi connectivity index (χ2n) is 12.2. The molecule has 0 amide bonds. The Hall–Kier alpha value is -3.56. The van der Waals surface area contributed by atoms with Crippen molar-refractivity contribution in [3.63, 3.8) is 0 Å². The summed E-state index contributed by atoms with van der Waals surface area (Å²) in [5.74, 6) is 1.17. The van der Waals surface area contributed by atoms with Crippen molar-refractivity contribution >= 4 is 40.3 Å². The van der Waals surface area contributed by atoms with Crippen LogP contribution in [-0.2, 0) is 6.18 Å². The molecule has 2 aliphatic heterocycles. The standard InChI is InChI=1S/C34H35ClF3N5S/c1-20-14-21(2)19-41(18-20)30-12-11-26(17-28(30)35)43-32(31(40-33(43)44)29-10-5-6-13-39-29)27-15-22(3)42(23(27)4)25-9-7-8-24(16-25)34(36,37)38/h5-13,15-17,20-21,31-32H,14,18-19H2,1-4H3,(H,40,44)/t20-,21+,31-,32+/m0/s1. The minimum atomic E-state index is -4.44. The van der Waals surface area contributed by atoms with Gasteiger partial charge in [0.05, 0.1) is 34.1 Å². The lowest BCUT2D eigenvalue weighted by atomic mass is 9.91. The molecule has 2 saturated heterocycles. The molecule has 4 atom stereocenters. The number of anilines is 2. The number of benzene rings is 2. The van der Waals surface area contributed by atoms with Crippen molar-refractivity contribution in [2.24, 2.45) is 11.8 Å². The van der Waals surface area contributed by atoms with Crippen LogP contribution in [0.15, 0.2) is 72.9 Å². The van der Waals surface area contributed by atoms with Crippen molar-refractivity contribution in [3.05, 3.63) is 106 Å². The van der Waals surface area contributed by atoms with Crippen LogP contribution < -0.4 is 15.1 Å². The Kier molecular flexibility index (Phi) is 8.13. The van der Waals surface area contributed by atoms with Gasteiger partial charge in [0.15, 0.2) is 5.11 Å². The predicted octanol–water partition coefficient (Wildman–Crippen LogP) is 8.82. The van der Waals surface area contributed by atoms with E-state index < -0.39 is 11.7 Å². The van der Waals surface area contributed by atoms with Crippen LogP contribution in [0, 0.1) is 25.7 Å². The zero-order valence-electron chi connectivity index (χ0n) is 25.1. The van der Waals surface area contributed by atoms with E-state index >= 15 is 0 Å². The lowest BCUT2D eigenvalue weighted by Crippen LogP contribution is -2.38. The molecule has 2 fully saturated rings. The zero-order valence-corrected chi connectivity index (χ0v) is 26.6. The molecule has 2 aromatic heterocycles. The minimum Gasteiger partial charge on any atom is -0.370 e. The van der Waals surface area contributed by atoms with Gasteiger partial charge in [-0.15, -0.1) is 0 Å². The lowest BCUT2D eigenvalue weighted by molar-refractivity contribution is -0.137. The van der Waals surface area contributed by atoms with Crippen LogP contribution in [0.1, 0.15) is 60.6 Å². The number of rotatable bonds is 5. The van der Waals surface area contributed by atoms with Crippen molar-refractivity contribution in [2.75, 3.05) is 22.9 Å². The van der Waals surface area contributed by atoms with Gasteiger partial charge in [-0.1, -0.05) is 37.6 Å². The van der Waals surface area contributed by atoms with E-state index in [2.05, 4.69) is 46.1 Å². The first kappa shape index (κ1) is 30.5. The summed E-state index contributed by atoms with van der Waals surface area (Å²) in [5.41, 5.74) is 4.99. The topological polar surface area (TPSA) is 36.3 Å². The third-order valence-electron chi connectivity index (χ3n) is 8.74. The highest BCUT2D eigenvalue weighted by Gasteiger charge is 2.42. The molecule has 4 heterocycles. The quantitative estimate of drug-likeness (QED) is 0.221. The van der Waals surface area contributed by atoms with Gasteiger partial charge in [0, 0.05) is 42.0 Å². The average molecular weight is 638 g/mol. The van der Waals surface area contributed by atoms with Crippen molar-refractivity contribution in [1.82, 2.24) is 14.9 Å². The Balaban J connectivity index is 1.44. The van der Waals surface area contributed by atoms with Gasteiger partial charge in [0.2, 0.25) is 0 Å². The van der Waals surface area contributed by atoms with E-state index in [0.29, 0.717) is 27.7 Å². The van der Waals surface area contributed by atoms with E-state index in [1.54, 1.807) is 12.3 Å². The molecule has 2 aromatic carbocycles. The molecule has 0 saturated carbocycles. The van der Waals surface area contributed by atoms with Crippen molar-refractivity contribution < 1.29 is 13.2 Å². The molecule has 0 bridgehead atoms. The molecule has 5 nitrogen and oxygen atoms in total. The molecule has 10 heteroatoms. The maximum absolute atomic E-state index is 13.6. The number of halogens is 4. The number of aromatic nitrogens is 2. The van der Waals surface area contributed by atoms with Gasteiger partial charge in [0.1, 0.15) is 0 Å². The van der Waals surface area contributed by atoms with Gasteiger partial charge < -0.3 is 19.7 Å². The normalized spacial score (nSPS) is 22.4. The van der Waals surface area contributed by atoms with Crippen molar-refractivity contribution in [2.45, 2.75) is 52.4 Å². The molecule has 6 rings (SSSR count). The SMILES string of the molecule is Cc1cc([C@@H]2[C@H](c3ccccn3)NC(=S)N2c2ccc(N3C[C@H](C)C[C@H](C)C3)c(Cl)c2)c(C)n1-c1cccc(C(F)(F)F)c1. The summed E-state index contributed by atoms with van der Waals surface area (Å²) in [7, 11) is 0. The van der Waals surface area contributed by atoms with Gasteiger partial charge in [-0.05, 0) is 104 Å². The first-order chi connectivity index (χ1) is 20.9. The Bertz CT molecular complexity index is 1680. The van der Waals surface area contributed by atoms with Gasteiger partial charge in [-0.25, -0.2) is 0 Å². The number of aryl methyl sites for hydroxylation is 1. The van der Waals surface area contributed by atoms with Crippen LogP contribution in [0.3, 0.4) is 0 Å². The smallest absolute Gasteiger partial charge is 0.370 e. The molecule has 44 heavy (non-hydrogen) atoms. The molecule has 0 unspecified atom stereocenters. The summed E-state index contributed by atoms with van der Waals surface area (Å²) < 4.78 is 42.7. The maximum Gasteiger partial charge on any atom is 0.416 e. The number of nitrogens with one attached hydrogen (secondary N) is 1. The minimum absolute atomic E-state index is 0.304. The van der Waals surface area contributed by atoms with E-state index in [1.807, 2.05) is 48.7 Å². The fourth-order valence-electron chi connectivity index (χ4n) is 7.02. The second kappa shape index (κ2) is 11.7. The van der Waals surface area contributed by atoms with Gasteiger partial charge in [-0.2, -0.15) is 13.2 Å². The van der Waals surface area contributed by atoms with Crippen LogP contribution in [0.25, 0.3) is 5.69 Å². The van der Waals surface area contributed by atoms with Crippen molar-refractivity contribution in [3.8, 4) is 5.69 Å². The number of nitrogens with zero attached hydrogens (tertiary/aromatic N) is 4. The molecule has 0 aliphatic carbocycles. The average Bonchev–Trinajstić information content (AvgIpc) is 3.47. The number of piperidine rings is 1. The third kappa shape index (κ3) is 5.68. The highest BCUT2D eigenvalue weighted by Crippen LogP contribution is 2.45. The van der Waals surface area contributed by atoms with Crippen LogP contribution in [-0.4, -0.2) is 27.8 Å². The second-order valence-corrected chi connectivity index (χ2v) is 13.0. The number of alkyl halides is 3. The molecule has 230 valence electrons. The van der Waals surface area contributed by atoms with E-state index in [9.17, 15) is 13.2 Å². The number of hydrogen-bond acceptors (Lipinski definition) is 3. The summed E-state index contributed by atoms with van der Waals surface area (Å²) in [6, 6.07) is 18.7. The first-order valence-corrected chi connectivity index (χ1v) is 15.6. The molecule has 1 N–H and O–H groups in total. The maximum atomic E-state index is 13.6. The van der Waals surface area contributed by atoms with E-state index in [-0.39, 0.29) is 12.1 Å². The Morgan fingerprint density at radius 1 is 0.932 bits per heavy atom. The predicted molar refractivity (Wildman–Crippen MR) is 175 cm³/mol. The largest absolute Gasteiger partial charge is 0.416 e. The monoisotopic (exact) mass is 637 g/mol. The molecule has 4 aromatic rings. The van der Waals surface area contributed by atoms with Crippen LogP contribution >= 0.6 is 23.8 Å². The van der Waals surface area contributed by atoms with E-state index in [4.69, 9.17) is 23.8 Å². The lowest BCUT2D eigenvalue weighted by Gasteiger charge is -2.37. The summed E-state index contributed by atoms with van der Waals surface area (Å²) in [4.78, 5) is 9.07. The summed E-state index contributed by atoms with van der Waals surface area (Å²) >= 11 is 12.9. The van der Waals surface area contributed by atoms with Gasteiger partial charge >= 0.3 is 6.18 Å². The molecule has 0 radical (unpaired) electrons. The molecular weight excluding hydrogens is 603 g/mol. The summed E-state index contributed by atoms with van der Waals surface area (Å²) in [5, 5.41) is 4.66. The van der Waals surface area contributed by atoms with Gasteiger partial charge in [0.25, 0.3) is 0 Å². The number of thiocarbonyl (C=S) groups is 1. The Morgan fingerprint density at radius 2 is 1.68 bits per heavy atom. The van der Waals surface area contributed by atoms with Crippen LogP contribution in [0.2, 0.25) is 5.02 Å². The third-order valence-corrected chi connectivity index (χ3v) is 9.35. The van der Waals surface area contributed by atoms with Gasteiger partial charge in [-0.3, -0.25) is 4.98 Å². The zero-order chi connectivity index (χ0) is 31.3. The Morgan fingerprint density at radius 3 is 2.34 bits per heavy atom. The summed E-state index contributed by atoms with van der Waals surface area (Å²) in [6.07, 6.45) is -1.49. The number of hydrogen-bond donors (Lipinski definition) is 1. The Labute approximate surface area is 266 Å². The molecule has 0 spiro atoms. The fourth-order valence-corrected chi connectivity index (χ4v) is 7.66. The van der Waals surface area contributed by atoms with Crippen molar-refractivity contribution in [1.29, 1.82) is 0 Å². The highest BCUT2D eigenvalue weighted by atomic mass is 35.5.